The molecule has 0 saturated heterocycles. The van der Waals surface area contributed by atoms with E-state index in [-0.39, 0.29) is 0 Å². The predicted octanol–water partition coefficient (Wildman–Crippen LogP) is 3.50. The smallest absolute Gasteiger partial charge is 0.159 e. The standard InChI is InChI=1S/C21H17N5O/c1-27-17-5-3-16(4-6-17)26-20-15(12-24-26)2-7-19-18(20)13-23-21(25-19)14-8-10-22-11-9-14/h3-6,8-13H,2,7H2,1H3. The highest BCUT2D eigenvalue weighted by Gasteiger charge is 2.24. The van der Waals surface area contributed by atoms with E-state index in [1.807, 2.05) is 53.5 Å². The van der Waals surface area contributed by atoms with Crippen molar-refractivity contribution in [1.82, 2.24) is 24.7 Å². The summed E-state index contributed by atoms with van der Waals surface area (Å²) in [5.41, 5.74) is 6.36. The molecule has 6 heteroatoms. The van der Waals surface area contributed by atoms with E-state index in [9.17, 15) is 0 Å². The Morgan fingerprint density at radius 1 is 0.963 bits per heavy atom. The van der Waals surface area contributed by atoms with E-state index in [2.05, 4.69) is 15.1 Å². The topological polar surface area (TPSA) is 65.7 Å². The van der Waals surface area contributed by atoms with Crippen LogP contribution in [-0.4, -0.2) is 31.8 Å². The first-order chi connectivity index (χ1) is 13.3. The number of ether oxygens (including phenoxy) is 1. The van der Waals surface area contributed by atoms with Gasteiger partial charge in [-0.05, 0) is 54.8 Å². The van der Waals surface area contributed by atoms with Gasteiger partial charge in [0.15, 0.2) is 5.82 Å². The SMILES string of the molecule is COc1ccc(-n2ncc3c2-c2cnc(-c4ccncc4)nc2CC3)cc1. The molecular formula is C21H17N5O. The molecule has 0 unspecified atom stereocenters. The van der Waals surface area contributed by atoms with Gasteiger partial charge in [0.05, 0.1) is 30.4 Å². The predicted molar refractivity (Wildman–Crippen MR) is 102 cm³/mol. The molecule has 27 heavy (non-hydrogen) atoms. The lowest BCUT2D eigenvalue weighted by Crippen LogP contribution is -2.10. The van der Waals surface area contributed by atoms with Crippen molar-refractivity contribution in [3.63, 3.8) is 0 Å². The molecule has 3 aromatic heterocycles. The van der Waals surface area contributed by atoms with Crippen molar-refractivity contribution in [1.29, 1.82) is 0 Å². The number of hydrogen-bond donors (Lipinski definition) is 0. The third-order valence-corrected chi connectivity index (χ3v) is 4.85. The van der Waals surface area contributed by atoms with Crippen molar-refractivity contribution < 1.29 is 4.74 Å². The van der Waals surface area contributed by atoms with Crippen LogP contribution in [0.25, 0.3) is 28.3 Å². The van der Waals surface area contributed by atoms with Gasteiger partial charge in [-0.15, -0.1) is 0 Å². The van der Waals surface area contributed by atoms with E-state index in [1.54, 1.807) is 19.5 Å². The molecule has 5 rings (SSSR count). The maximum atomic E-state index is 5.26. The molecular weight excluding hydrogens is 338 g/mol. The number of hydrogen-bond acceptors (Lipinski definition) is 5. The van der Waals surface area contributed by atoms with Crippen LogP contribution in [-0.2, 0) is 12.8 Å². The molecule has 132 valence electrons. The molecule has 0 amide bonds. The third kappa shape index (κ3) is 2.66. The second kappa shape index (κ2) is 6.32. The molecule has 0 radical (unpaired) electrons. The zero-order chi connectivity index (χ0) is 18.2. The summed E-state index contributed by atoms with van der Waals surface area (Å²) in [6, 6.07) is 11.8. The summed E-state index contributed by atoms with van der Waals surface area (Å²) < 4.78 is 7.22. The van der Waals surface area contributed by atoms with Crippen LogP contribution in [0.2, 0.25) is 0 Å². The Balaban J connectivity index is 1.60. The van der Waals surface area contributed by atoms with Crippen LogP contribution < -0.4 is 4.74 Å². The maximum Gasteiger partial charge on any atom is 0.159 e. The molecule has 6 nitrogen and oxygen atoms in total. The molecule has 1 aliphatic carbocycles. The maximum absolute atomic E-state index is 5.26. The van der Waals surface area contributed by atoms with E-state index in [0.29, 0.717) is 0 Å². The summed E-state index contributed by atoms with van der Waals surface area (Å²) in [6.07, 6.45) is 9.18. The second-order valence-corrected chi connectivity index (χ2v) is 6.42. The van der Waals surface area contributed by atoms with Crippen molar-refractivity contribution in [3.05, 3.63) is 72.4 Å². The van der Waals surface area contributed by atoms with Crippen LogP contribution in [0.3, 0.4) is 0 Å². The molecule has 0 atom stereocenters. The Bertz CT molecular complexity index is 1100. The second-order valence-electron chi connectivity index (χ2n) is 6.42. The van der Waals surface area contributed by atoms with Crippen LogP contribution in [0.4, 0.5) is 0 Å². The van der Waals surface area contributed by atoms with Gasteiger partial charge >= 0.3 is 0 Å². The summed E-state index contributed by atoms with van der Waals surface area (Å²) in [6.45, 7) is 0. The Labute approximate surface area is 156 Å². The van der Waals surface area contributed by atoms with Crippen molar-refractivity contribution in [2.45, 2.75) is 12.8 Å². The van der Waals surface area contributed by atoms with Crippen molar-refractivity contribution in [2.75, 3.05) is 7.11 Å². The van der Waals surface area contributed by atoms with Crippen LogP contribution >= 0.6 is 0 Å². The molecule has 3 heterocycles. The van der Waals surface area contributed by atoms with Gasteiger partial charge in [-0.25, -0.2) is 14.6 Å². The quantitative estimate of drug-likeness (QED) is 0.563. The highest BCUT2D eigenvalue weighted by Crippen LogP contribution is 2.34. The number of aryl methyl sites for hydroxylation is 2. The first kappa shape index (κ1) is 15.7. The van der Waals surface area contributed by atoms with E-state index in [1.165, 1.54) is 5.56 Å². The first-order valence-electron chi connectivity index (χ1n) is 8.81. The fourth-order valence-electron chi connectivity index (χ4n) is 3.47. The molecule has 1 aliphatic rings. The first-order valence-corrected chi connectivity index (χ1v) is 8.81. The zero-order valence-corrected chi connectivity index (χ0v) is 14.8. The summed E-state index contributed by atoms with van der Waals surface area (Å²) >= 11 is 0. The molecule has 0 fully saturated rings. The Morgan fingerprint density at radius 3 is 2.56 bits per heavy atom. The fourth-order valence-corrected chi connectivity index (χ4v) is 3.47. The van der Waals surface area contributed by atoms with Gasteiger partial charge in [-0.1, -0.05) is 0 Å². The van der Waals surface area contributed by atoms with Crippen LogP contribution in [0.15, 0.2) is 61.2 Å². The van der Waals surface area contributed by atoms with Gasteiger partial charge < -0.3 is 4.74 Å². The number of aromatic nitrogens is 5. The number of nitrogens with zero attached hydrogens (tertiary/aromatic N) is 5. The molecule has 4 aromatic rings. The van der Waals surface area contributed by atoms with E-state index < -0.39 is 0 Å². The van der Waals surface area contributed by atoms with E-state index in [0.717, 1.165) is 52.6 Å². The average molecular weight is 355 g/mol. The number of rotatable bonds is 3. The Hall–Kier alpha value is -3.54. The lowest BCUT2D eigenvalue weighted by Gasteiger charge is -2.18. The minimum Gasteiger partial charge on any atom is -0.497 e. The highest BCUT2D eigenvalue weighted by molar-refractivity contribution is 5.71. The monoisotopic (exact) mass is 355 g/mol. The van der Waals surface area contributed by atoms with E-state index >= 15 is 0 Å². The van der Waals surface area contributed by atoms with Gasteiger partial charge in [0.25, 0.3) is 0 Å². The fraction of sp³-hybridized carbons (Fsp3) is 0.143. The Kier molecular flexibility index (Phi) is 3.67. The normalized spacial score (nSPS) is 12.3. The molecule has 1 aromatic carbocycles. The number of methoxy groups -OCH3 is 1. The Morgan fingerprint density at radius 2 is 1.78 bits per heavy atom. The summed E-state index contributed by atoms with van der Waals surface area (Å²) in [5.74, 6) is 1.56. The number of pyridine rings is 1. The number of benzene rings is 1. The van der Waals surface area contributed by atoms with E-state index in [4.69, 9.17) is 9.72 Å². The molecule has 0 aliphatic heterocycles. The summed E-state index contributed by atoms with van der Waals surface area (Å²) in [5, 5.41) is 4.62. The van der Waals surface area contributed by atoms with Crippen molar-refractivity contribution in [3.8, 4) is 34.1 Å². The molecule has 0 bridgehead atoms. The molecule has 0 spiro atoms. The summed E-state index contributed by atoms with van der Waals surface area (Å²) in [7, 11) is 1.67. The molecule has 0 N–H and O–H groups in total. The number of fused-ring (bicyclic) bond motifs is 3. The van der Waals surface area contributed by atoms with Crippen LogP contribution in [0, 0.1) is 0 Å². The van der Waals surface area contributed by atoms with Gasteiger partial charge in [0, 0.05) is 29.7 Å². The highest BCUT2D eigenvalue weighted by atomic mass is 16.5. The largest absolute Gasteiger partial charge is 0.497 e. The van der Waals surface area contributed by atoms with Crippen molar-refractivity contribution in [2.24, 2.45) is 0 Å². The van der Waals surface area contributed by atoms with Crippen LogP contribution in [0.5, 0.6) is 5.75 Å². The van der Waals surface area contributed by atoms with Gasteiger partial charge in [-0.3, -0.25) is 4.98 Å². The summed E-state index contributed by atoms with van der Waals surface area (Å²) in [4.78, 5) is 13.5. The molecule has 0 saturated carbocycles. The minimum absolute atomic E-state index is 0.732. The van der Waals surface area contributed by atoms with Crippen LogP contribution in [0.1, 0.15) is 11.3 Å². The van der Waals surface area contributed by atoms with Gasteiger partial charge in [0.1, 0.15) is 5.75 Å². The minimum atomic E-state index is 0.732. The van der Waals surface area contributed by atoms with Crippen molar-refractivity contribution >= 4 is 0 Å². The zero-order valence-electron chi connectivity index (χ0n) is 14.8. The van der Waals surface area contributed by atoms with Gasteiger partial charge in [0.2, 0.25) is 0 Å². The lowest BCUT2D eigenvalue weighted by atomic mass is 9.95. The third-order valence-electron chi connectivity index (χ3n) is 4.85. The average Bonchev–Trinajstić information content (AvgIpc) is 3.18. The lowest BCUT2D eigenvalue weighted by molar-refractivity contribution is 0.414. The van der Waals surface area contributed by atoms with Gasteiger partial charge in [-0.2, -0.15) is 5.10 Å².